The third-order valence-electron chi connectivity index (χ3n) is 3.20. The van der Waals surface area contributed by atoms with Crippen LogP contribution in [0, 0.1) is 20.8 Å². The van der Waals surface area contributed by atoms with Crippen molar-refractivity contribution in [2.75, 3.05) is 5.32 Å². The molecule has 3 heteroatoms. The lowest BCUT2D eigenvalue weighted by molar-refractivity contribution is -0.115. The van der Waals surface area contributed by atoms with Gasteiger partial charge in [-0.15, -0.1) is 0 Å². The van der Waals surface area contributed by atoms with Gasteiger partial charge >= 0.3 is 0 Å². The maximum Gasteiger partial charge on any atom is 0.228 e. The lowest BCUT2D eigenvalue weighted by Gasteiger charge is -2.13. The molecule has 0 aliphatic rings. The summed E-state index contributed by atoms with van der Waals surface area (Å²) in [6, 6.07) is 11.5. The minimum absolute atomic E-state index is 0.0256. The minimum Gasteiger partial charge on any atom is -0.325 e. The van der Waals surface area contributed by atoms with Crippen molar-refractivity contribution in [3.63, 3.8) is 0 Å². The molecule has 2 aromatic carbocycles. The molecular formula is C17H18ClNO. The molecule has 0 unspecified atom stereocenters. The van der Waals surface area contributed by atoms with Gasteiger partial charge < -0.3 is 5.32 Å². The molecule has 0 spiro atoms. The van der Waals surface area contributed by atoms with Crippen LogP contribution in [-0.2, 0) is 11.2 Å². The molecule has 0 aliphatic carbocycles. The van der Waals surface area contributed by atoms with Gasteiger partial charge in [-0.3, -0.25) is 4.79 Å². The molecule has 0 atom stereocenters. The first kappa shape index (κ1) is 14.6. The maximum atomic E-state index is 12.1. The largest absolute Gasteiger partial charge is 0.325 e. The number of carbonyl (C=O) groups excluding carboxylic acids is 1. The van der Waals surface area contributed by atoms with Gasteiger partial charge in [0.25, 0.3) is 0 Å². The van der Waals surface area contributed by atoms with Crippen molar-refractivity contribution in [3.05, 3.63) is 63.7 Å². The molecule has 0 saturated heterocycles. The molecule has 0 heterocycles. The number of halogens is 1. The van der Waals surface area contributed by atoms with E-state index in [2.05, 4.69) is 24.4 Å². The number of hydrogen-bond acceptors (Lipinski definition) is 1. The summed E-state index contributed by atoms with van der Waals surface area (Å²) in [7, 11) is 0. The Hall–Kier alpha value is -1.80. The molecule has 1 N–H and O–H groups in total. The number of amides is 1. The second-order valence-electron chi connectivity index (χ2n) is 5.13. The molecule has 0 saturated carbocycles. The first-order valence-corrected chi connectivity index (χ1v) is 6.95. The Kier molecular flexibility index (Phi) is 4.46. The van der Waals surface area contributed by atoms with Crippen molar-refractivity contribution in [3.8, 4) is 0 Å². The molecule has 0 fully saturated rings. The second kappa shape index (κ2) is 6.10. The van der Waals surface area contributed by atoms with E-state index < -0.39 is 0 Å². The first-order valence-electron chi connectivity index (χ1n) is 6.58. The highest BCUT2D eigenvalue weighted by atomic mass is 35.5. The lowest BCUT2D eigenvalue weighted by atomic mass is 10.0. The van der Waals surface area contributed by atoms with Crippen LogP contribution in [0.4, 0.5) is 5.69 Å². The van der Waals surface area contributed by atoms with Crippen LogP contribution >= 0.6 is 11.6 Å². The molecular weight excluding hydrogens is 270 g/mol. The van der Waals surface area contributed by atoms with Crippen LogP contribution in [0.5, 0.6) is 0 Å². The average molecular weight is 288 g/mol. The number of aryl methyl sites for hydroxylation is 3. The summed E-state index contributed by atoms with van der Waals surface area (Å²) >= 11 is 5.92. The summed E-state index contributed by atoms with van der Waals surface area (Å²) in [5.74, 6) is -0.0256. The van der Waals surface area contributed by atoms with Crippen LogP contribution in [0.15, 0.2) is 36.4 Å². The van der Waals surface area contributed by atoms with Crippen molar-refractivity contribution in [1.82, 2.24) is 0 Å². The van der Waals surface area contributed by atoms with Crippen molar-refractivity contribution in [2.45, 2.75) is 27.2 Å². The zero-order valence-electron chi connectivity index (χ0n) is 12.0. The molecule has 2 nitrogen and oxygen atoms in total. The molecule has 0 aromatic heterocycles. The highest BCUT2D eigenvalue weighted by molar-refractivity contribution is 6.30. The quantitative estimate of drug-likeness (QED) is 0.888. The van der Waals surface area contributed by atoms with Crippen LogP contribution in [0.25, 0.3) is 0 Å². The fourth-order valence-corrected chi connectivity index (χ4v) is 2.61. The molecule has 104 valence electrons. The van der Waals surface area contributed by atoms with E-state index in [1.54, 1.807) is 6.07 Å². The molecule has 0 radical (unpaired) electrons. The van der Waals surface area contributed by atoms with Crippen LogP contribution < -0.4 is 5.32 Å². The van der Waals surface area contributed by atoms with Gasteiger partial charge in [0.15, 0.2) is 0 Å². The van der Waals surface area contributed by atoms with Crippen LogP contribution in [0.3, 0.4) is 0 Å². The molecule has 2 rings (SSSR count). The van der Waals surface area contributed by atoms with E-state index in [9.17, 15) is 4.79 Å². The first-order chi connectivity index (χ1) is 9.45. The number of rotatable bonds is 3. The number of benzene rings is 2. The van der Waals surface area contributed by atoms with Crippen molar-refractivity contribution < 1.29 is 4.79 Å². The zero-order valence-corrected chi connectivity index (χ0v) is 12.7. The van der Waals surface area contributed by atoms with E-state index in [1.807, 2.05) is 32.0 Å². The van der Waals surface area contributed by atoms with Gasteiger partial charge in [0.2, 0.25) is 5.91 Å². The van der Waals surface area contributed by atoms with Gasteiger partial charge in [0, 0.05) is 10.7 Å². The third kappa shape index (κ3) is 3.61. The van der Waals surface area contributed by atoms with Gasteiger partial charge in [-0.05, 0) is 49.6 Å². The van der Waals surface area contributed by atoms with E-state index >= 15 is 0 Å². The molecule has 2 aromatic rings. The van der Waals surface area contributed by atoms with E-state index in [1.165, 1.54) is 5.56 Å². The van der Waals surface area contributed by atoms with Gasteiger partial charge in [-0.2, -0.15) is 0 Å². The van der Waals surface area contributed by atoms with E-state index in [0.717, 1.165) is 22.4 Å². The Morgan fingerprint density at radius 2 is 1.75 bits per heavy atom. The topological polar surface area (TPSA) is 29.1 Å². The molecule has 1 amide bonds. The van der Waals surface area contributed by atoms with Gasteiger partial charge in [0.05, 0.1) is 6.42 Å². The predicted molar refractivity (Wildman–Crippen MR) is 84.4 cm³/mol. The van der Waals surface area contributed by atoms with E-state index in [-0.39, 0.29) is 5.91 Å². The number of carbonyl (C=O) groups is 1. The molecule has 20 heavy (non-hydrogen) atoms. The monoisotopic (exact) mass is 287 g/mol. The summed E-state index contributed by atoms with van der Waals surface area (Å²) < 4.78 is 0. The maximum absolute atomic E-state index is 12.1. The zero-order chi connectivity index (χ0) is 14.7. The number of nitrogens with one attached hydrogen (secondary N) is 1. The normalized spacial score (nSPS) is 10.4. The van der Waals surface area contributed by atoms with Crippen LogP contribution in [0.2, 0.25) is 5.02 Å². The fraction of sp³-hybridized carbons (Fsp3) is 0.235. The summed E-state index contributed by atoms with van der Waals surface area (Å²) in [6.45, 7) is 6.07. The predicted octanol–water partition coefficient (Wildman–Crippen LogP) is 4.45. The van der Waals surface area contributed by atoms with Crippen molar-refractivity contribution in [1.29, 1.82) is 0 Å². The highest BCUT2D eigenvalue weighted by Gasteiger charge is 2.09. The Bertz CT molecular complexity index is 626. The summed E-state index contributed by atoms with van der Waals surface area (Å²) in [5, 5.41) is 3.64. The van der Waals surface area contributed by atoms with Gasteiger partial charge in [-0.25, -0.2) is 0 Å². The third-order valence-corrected chi connectivity index (χ3v) is 3.43. The van der Waals surface area contributed by atoms with Crippen molar-refractivity contribution >= 4 is 23.2 Å². The summed E-state index contributed by atoms with van der Waals surface area (Å²) in [5.41, 5.74) is 5.19. The van der Waals surface area contributed by atoms with E-state index in [4.69, 9.17) is 11.6 Å². The molecule has 0 bridgehead atoms. The lowest BCUT2D eigenvalue weighted by Crippen LogP contribution is -2.16. The Balaban J connectivity index is 2.13. The van der Waals surface area contributed by atoms with Gasteiger partial charge in [-0.1, -0.05) is 41.4 Å². The van der Waals surface area contributed by atoms with Crippen molar-refractivity contribution in [2.24, 2.45) is 0 Å². The van der Waals surface area contributed by atoms with Gasteiger partial charge in [0.1, 0.15) is 0 Å². The summed E-state index contributed by atoms with van der Waals surface area (Å²) in [4.78, 5) is 12.1. The SMILES string of the molecule is Cc1cc(C)c(NC(=O)Cc2cccc(Cl)c2)c(C)c1. The van der Waals surface area contributed by atoms with Crippen LogP contribution in [0.1, 0.15) is 22.3 Å². The Labute approximate surface area is 124 Å². The Morgan fingerprint density at radius 3 is 2.35 bits per heavy atom. The average Bonchev–Trinajstić information content (AvgIpc) is 2.33. The summed E-state index contributed by atoms with van der Waals surface area (Å²) in [6.07, 6.45) is 0.327. The fourth-order valence-electron chi connectivity index (χ4n) is 2.39. The number of hydrogen-bond donors (Lipinski definition) is 1. The Morgan fingerprint density at radius 1 is 1.10 bits per heavy atom. The number of anilines is 1. The van der Waals surface area contributed by atoms with E-state index in [0.29, 0.717) is 11.4 Å². The minimum atomic E-state index is -0.0256. The van der Waals surface area contributed by atoms with Crippen LogP contribution in [-0.4, -0.2) is 5.91 Å². The molecule has 0 aliphatic heterocycles. The highest BCUT2D eigenvalue weighted by Crippen LogP contribution is 2.22. The standard InChI is InChI=1S/C17H18ClNO/c1-11-7-12(2)17(13(3)8-11)19-16(20)10-14-5-4-6-15(18)9-14/h4-9H,10H2,1-3H3,(H,19,20). The smallest absolute Gasteiger partial charge is 0.228 e. The second-order valence-corrected chi connectivity index (χ2v) is 5.57.